The fourth-order valence-corrected chi connectivity index (χ4v) is 3.99. The van der Waals surface area contributed by atoms with Gasteiger partial charge in [-0.15, -0.1) is 0 Å². The van der Waals surface area contributed by atoms with Crippen LogP contribution in [0.15, 0.2) is 46.2 Å². The smallest absolute Gasteiger partial charge is 0.308 e. The van der Waals surface area contributed by atoms with Gasteiger partial charge in [0, 0.05) is 32.8 Å². The fourth-order valence-electron chi connectivity index (χ4n) is 2.72. The molecule has 0 saturated carbocycles. The fraction of sp³-hybridized carbons (Fsp3) is 0.222. The van der Waals surface area contributed by atoms with Gasteiger partial charge in [-0.3, -0.25) is 14.5 Å². The Hall–Kier alpha value is -2.47. The number of amides is 1. The van der Waals surface area contributed by atoms with Crippen molar-refractivity contribution < 1.29 is 14.3 Å². The standard InChI is InChI=1S/C18H18N2O3S/c1-11(21)20-14-9-8-13(23-12(2)22)10-17(14)24-18-15(19(3)4)6-5-7-16(18)20/h5-10H,1-4H3. The maximum absolute atomic E-state index is 12.3. The number of anilines is 3. The average molecular weight is 342 g/mol. The third-order valence-electron chi connectivity index (χ3n) is 3.66. The van der Waals surface area contributed by atoms with Crippen LogP contribution >= 0.6 is 11.8 Å². The molecule has 0 aromatic heterocycles. The molecule has 1 amide bonds. The van der Waals surface area contributed by atoms with E-state index in [2.05, 4.69) is 0 Å². The van der Waals surface area contributed by atoms with E-state index in [0.29, 0.717) is 5.75 Å². The summed E-state index contributed by atoms with van der Waals surface area (Å²) in [6.07, 6.45) is 0. The summed E-state index contributed by atoms with van der Waals surface area (Å²) >= 11 is 1.57. The molecule has 0 bridgehead atoms. The summed E-state index contributed by atoms with van der Waals surface area (Å²) < 4.78 is 5.18. The minimum atomic E-state index is -0.367. The Morgan fingerprint density at radius 3 is 2.46 bits per heavy atom. The van der Waals surface area contributed by atoms with Gasteiger partial charge < -0.3 is 9.64 Å². The molecule has 0 spiro atoms. The van der Waals surface area contributed by atoms with Crippen molar-refractivity contribution in [3.05, 3.63) is 36.4 Å². The predicted molar refractivity (Wildman–Crippen MR) is 95.5 cm³/mol. The minimum absolute atomic E-state index is 0.0612. The number of carbonyl (C=O) groups is 2. The Morgan fingerprint density at radius 2 is 1.83 bits per heavy atom. The number of fused-ring (bicyclic) bond motifs is 2. The summed E-state index contributed by atoms with van der Waals surface area (Å²) in [4.78, 5) is 29.1. The van der Waals surface area contributed by atoms with Gasteiger partial charge in [-0.05, 0) is 30.3 Å². The van der Waals surface area contributed by atoms with E-state index in [4.69, 9.17) is 4.74 Å². The van der Waals surface area contributed by atoms with Crippen LogP contribution in [0.5, 0.6) is 5.75 Å². The number of hydrogen-bond acceptors (Lipinski definition) is 5. The zero-order chi connectivity index (χ0) is 17.4. The molecule has 0 aliphatic carbocycles. The van der Waals surface area contributed by atoms with Gasteiger partial charge in [0.15, 0.2) is 0 Å². The Bertz CT molecular complexity index is 833. The maximum atomic E-state index is 12.3. The molecule has 1 heterocycles. The van der Waals surface area contributed by atoms with E-state index < -0.39 is 0 Å². The minimum Gasteiger partial charge on any atom is -0.427 e. The second-order valence-electron chi connectivity index (χ2n) is 5.70. The summed E-state index contributed by atoms with van der Waals surface area (Å²) in [5, 5.41) is 0. The van der Waals surface area contributed by atoms with Crippen LogP contribution in [0.25, 0.3) is 0 Å². The number of benzene rings is 2. The van der Waals surface area contributed by atoms with Crippen LogP contribution in [0, 0.1) is 0 Å². The van der Waals surface area contributed by atoms with Crippen LogP contribution in [-0.4, -0.2) is 26.0 Å². The summed E-state index contributed by atoms with van der Waals surface area (Å²) in [6.45, 7) is 2.92. The highest BCUT2D eigenvalue weighted by Gasteiger charge is 2.28. The first-order valence-corrected chi connectivity index (χ1v) is 8.31. The monoisotopic (exact) mass is 342 g/mol. The van der Waals surface area contributed by atoms with Crippen LogP contribution in [-0.2, 0) is 9.59 Å². The van der Waals surface area contributed by atoms with Crippen molar-refractivity contribution in [1.82, 2.24) is 0 Å². The average Bonchev–Trinajstić information content (AvgIpc) is 2.50. The first kappa shape index (κ1) is 16.4. The molecular weight excluding hydrogens is 324 g/mol. The van der Waals surface area contributed by atoms with Crippen molar-refractivity contribution >= 4 is 40.7 Å². The lowest BCUT2D eigenvalue weighted by atomic mass is 10.2. The first-order valence-electron chi connectivity index (χ1n) is 7.50. The highest BCUT2D eigenvalue weighted by Crippen LogP contribution is 2.52. The van der Waals surface area contributed by atoms with E-state index in [1.54, 1.807) is 35.7 Å². The predicted octanol–water partition coefficient (Wildman–Crippen LogP) is 3.83. The van der Waals surface area contributed by atoms with Crippen LogP contribution in [0.4, 0.5) is 17.1 Å². The van der Waals surface area contributed by atoms with Crippen LogP contribution in [0.3, 0.4) is 0 Å². The SMILES string of the molecule is CC(=O)Oc1ccc2c(c1)Sc1c(N(C)C)cccc1N2C(C)=O. The van der Waals surface area contributed by atoms with Gasteiger partial charge in [0.2, 0.25) is 5.91 Å². The van der Waals surface area contributed by atoms with Crippen LogP contribution in [0.2, 0.25) is 0 Å². The number of rotatable bonds is 2. The van der Waals surface area contributed by atoms with Gasteiger partial charge >= 0.3 is 5.97 Å². The normalized spacial score (nSPS) is 12.2. The number of ether oxygens (including phenoxy) is 1. The first-order chi connectivity index (χ1) is 11.4. The molecule has 124 valence electrons. The van der Waals surface area contributed by atoms with Crippen molar-refractivity contribution in [3.63, 3.8) is 0 Å². The van der Waals surface area contributed by atoms with Gasteiger partial charge in [-0.2, -0.15) is 0 Å². The molecule has 1 aliphatic heterocycles. The lowest BCUT2D eigenvalue weighted by molar-refractivity contribution is -0.131. The number of carbonyl (C=O) groups excluding carboxylic acids is 2. The van der Waals surface area contributed by atoms with Crippen molar-refractivity contribution in [2.45, 2.75) is 23.6 Å². The maximum Gasteiger partial charge on any atom is 0.308 e. The highest BCUT2D eigenvalue weighted by molar-refractivity contribution is 8.00. The van der Waals surface area contributed by atoms with E-state index in [0.717, 1.165) is 26.9 Å². The molecular formula is C18H18N2O3S. The molecule has 0 atom stereocenters. The van der Waals surface area contributed by atoms with Gasteiger partial charge in [-0.1, -0.05) is 17.8 Å². The third-order valence-corrected chi connectivity index (χ3v) is 4.83. The second kappa shape index (κ2) is 6.20. The molecule has 24 heavy (non-hydrogen) atoms. The zero-order valence-electron chi connectivity index (χ0n) is 14.0. The number of hydrogen-bond donors (Lipinski definition) is 0. The summed E-state index contributed by atoms with van der Waals surface area (Å²) in [5.41, 5.74) is 2.70. The summed E-state index contributed by atoms with van der Waals surface area (Å²) in [7, 11) is 3.94. The Balaban J connectivity index is 2.16. The molecule has 0 N–H and O–H groups in total. The van der Waals surface area contributed by atoms with Crippen molar-refractivity contribution in [2.75, 3.05) is 23.9 Å². The molecule has 0 unspecified atom stereocenters. The van der Waals surface area contributed by atoms with Crippen molar-refractivity contribution in [1.29, 1.82) is 0 Å². The van der Waals surface area contributed by atoms with E-state index in [1.165, 1.54) is 6.92 Å². The van der Waals surface area contributed by atoms with Crippen molar-refractivity contribution in [3.8, 4) is 5.75 Å². The highest BCUT2D eigenvalue weighted by atomic mass is 32.2. The molecule has 1 aliphatic rings. The molecule has 0 saturated heterocycles. The molecule has 5 nitrogen and oxygen atoms in total. The van der Waals surface area contributed by atoms with Gasteiger partial charge in [0.25, 0.3) is 0 Å². The third kappa shape index (κ3) is 2.85. The molecule has 2 aromatic rings. The number of esters is 1. The Morgan fingerprint density at radius 1 is 1.08 bits per heavy atom. The van der Waals surface area contributed by atoms with Gasteiger partial charge in [0.1, 0.15) is 5.75 Å². The molecule has 0 radical (unpaired) electrons. The summed E-state index contributed by atoms with van der Waals surface area (Å²) in [5.74, 6) is 0.0468. The van der Waals surface area contributed by atoms with E-state index in [9.17, 15) is 9.59 Å². The Kier molecular flexibility index (Phi) is 4.24. The van der Waals surface area contributed by atoms with Crippen LogP contribution < -0.4 is 14.5 Å². The lowest BCUT2D eigenvalue weighted by Crippen LogP contribution is -2.26. The topological polar surface area (TPSA) is 49.9 Å². The van der Waals surface area contributed by atoms with Crippen molar-refractivity contribution in [2.24, 2.45) is 0 Å². The van der Waals surface area contributed by atoms with Crippen LogP contribution in [0.1, 0.15) is 13.8 Å². The van der Waals surface area contributed by atoms with Gasteiger partial charge in [0.05, 0.1) is 22.0 Å². The second-order valence-corrected chi connectivity index (χ2v) is 6.75. The quantitative estimate of drug-likeness (QED) is 0.613. The summed E-state index contributed by atoms with van der Waals surface area (Å²) in [6, 6.07) is 11.2. The molecule has 3 rings (SSSR count). The molecule has 2 aromatic carbocycles. The molecule has 6 heteroatoms. The van der Waals surface area contributed by atoms with Gasteiger partial charge in [-0.25, -0.2) is 0 Å². The van der Waals surface area contributed by atoms with E-state index in [-0.39, 0.29) is 11.9 Å². The Labute approximate surface area is 145 Å². The van der Waals surface area contributed by atoms with E-state index in [1.807, 2.05) is 43.3 Å². The number of nitrogens with zero attached hydrogens (tertiary/aromatic N) is 2. The van der Waals surface area contributed by atoms with E-state index >= 15 is 0 Å². The zero-order valence-corrected chi connectivity index (χ0v) is 14.8. The molecule has 0 fully saturated rings. The largest absolute Gasteiger partial charge is 0.427 e. The lowest BCUT2D eigenvalue weighted by Gasteiger charge is -2.32.